The average Bonchev–Trinajstić information content (AvgIpc) is 2.46. The lowest BCUT2D eigenvalue weighted by atomic mass is 9.92. The molecule has 0 aromatic heterocycles. The van der Waals surface area contributed by atoms with Gasteiger partial charge in [-0.3, -0.25) is 0 Å². The first-order valence-electron chi connectivity index (χ1n) is 7.79. The summed E-state index contributed by atoms with van der Waals surface area (Å²) in [5.74, 6) is 1.07. The Labute approximate surface area is 117 Å². The third-order valence-corrected chi connectivity index (χ3v) is 3.91. The lowest BCUT2D eigenvalue weighted by Crippen LogP contribution is -2.07. The van der Waals surface area contributed by atoms with Crippen LogP contribution in [-0.2, 0) is 12.8 Å². The highest BCUT2D eigenvalue weighted by atomic mass is 16.5. The van der Waals surface area contributed by atoms with Crippen LogP contribution in [0, 0.1) is 0 Å². The van der Waals surface area contributed by atoms with Gasteiger partial charge in [0.05, 0.1) is 6.61 Å². The molecule has 0 spiro atoms. The number of nitrogens with one attached hydrogen (secondary N) is 1. The van der Waals surface area contributed by atoms with Gasteiger partial charge in [0.2, 0.25) is 0 Å². The molecular formula is C17H27NO. The molecule has 2 nitrogen and oxygen atoms in total. The standard InChI is InChI=1S/C17H27NO/c1-18-12-6-2-3-7-13-19-17-11-10-15-8-4-5-9-16(15)14-17/h10-11,14,18H,2-9,12-13H2,1H3. The summed E-state index contributed by atoms with van der Waals surface area (Å²) in [6.45, 7) is 1.99. The molecule has 0 bridgehead atoms. The smallest absolute Gasteiger partial charge is 0.119 e. The van der Waals surface area contributed by atoms with Gasteiger partial charge in [-0.1, -0.05) is 18.9 Å². The van der Waals surface area contributed by atoms with Gasteiger partial charge in [0.25, 0.3) is 0 Å². The number of unbranched alkanes of at least 4 members (excludes halogenated alkanes) is 3. The van der Waals surface area contributed by atoms with Crippen LogP contribution in [-0.4, -0.2) is 20.2 Å². The van der Waals surface area contributed by atoms with Crippen LogP contribution < -0.4 is 10.1 Å². The van der Waals surface area contributed by atoms with Crippen molar-refractivity contribution >= 4 is 0 Å². The summed E-state index contributed by atoms with van der Waals surface area (Å²) < 4.78 is 5.86. The van der Waals surface area contributed by atoms with E-state index in [1.165, 1.54) is 62.5 Å². The maximum atomic E-state index is 5.86. The largest absolute Gasteiger partial charge is 0.494 e. The molecular weight excluding hydrogens is 234 g/mol. The molecule has 0 unspecified atom stereocenters. The Morgan fingerprint density at radius 1 is 1.00 bits per heavy atom. The van der Waals surface area contributed by atoms with Crippen LogP contribution in [0.25, 0.3) is 0 Å². The van der Waals surface area contributed by atoms with Gasteiger partial charge in [-0.25, -0.2) is 0 Å². The zero-order valence-corrected chi connectivity index (χ0v) is 12.2. The van der Waals surface area contributed by atoms with Gasteiger partial charge >= 0.3 is 0 Å². The van der Waals surface area contributed by atoms with Gasteiger partial charge in [0, 0.05) is 0 Å². The Morgan fingerprint density at radius 2 is 1.79 bits per heavy atom. The van der Waals surface area contributed by atoms with Gasteiger partial charge in [0.15, 0.2) is 0 Å². The van der Waals surface area contributed by atoms with Crippen molar-refractivity contribution < 1.29 is 4.74 Å². The first kappa shape index (κ1) is 14.4. The molecule has 106 valence electrons. The van der Waals surface area contributed by atoms with Crippen LogP contribution >= 0.6 is 0 Å². The predicted octanol–water partition coefficient (Wildman–Crippen LogP) is 3.72. The average molecular weight is 261 g/mol. The topological polar surface area (TPSA) is 21.3 Å². The molecule has 0 saturated heterocycles. The highest BCUT2D eigenvalue weighted by Crippen LogP contribution is 2.25. The molecule has 0 aliphatic heterocycles. The third kappa shape index (κ3) is 4.87. The fraction of sp³-hybridized carbons (Fsp3) is 0.647. The molecule has 1 aromatic rings. The second-order valence-corrected chi connectivity index (χ2v) is 5.50. The van der Waals surface area contributed by atoms with Crippen molar-refractivity contribution in [2.24, 2.45) is 0 Å². The lowest BCUT2D eigenvalue weighted by Gasteiger charge is -2.16. The molecule has 0 atom stereocenters. The van der Waals surface area contributed by atoms with Gasteiger partial charge in [-0.15, -0.1) is 0 Å². The Kier molecular flexibility index (Phi) is 6.22. The van der Waals surface area contributed by atoms with Gasteiger partial charge < -0.3 is 10.1 Å². The minimum atomic E-state index is 0.859. The van der Waals surface area contributed by atoms with Crippen LogP contribution in [0.1, 0.15) is 49.7 Å². The molecule has 2 heteroatoms. The number of hydrogen-bond acceptors (Lipinski definition) is 2. The van der Waals surface area contributed by atoms with Crippen molar-refractivity contribution in [1.82, 2.24) is 5.32 Å². The Morgan fingerprint density at radius 3 is 2.63 bits per heavy atom. The van der Waals surface area contributed by atoms with Crippen LogP contribution in [0.5, 0.6) is 5.75 Å². The monoisotopic (exact) mass is 261 g/mol. The summed E-state index contributed by atoms with van der Waals surface area (Å²) >= 11 is 0. The first-order chi connectivity index (χ1) is 9.40. The Balaban J connectivity index is 1.66. The van der Waals surface area contributed by atoms with Crippen LogP contribution in [0.15, 0.2) is 18.2 Å². The zero-order chi connectivity index (χ0) is 13.3. The molecule has 2 rings (SSSR count). The summed E-state index contributed by atoms with van der Waals surface area (Å²) in [5.41, 5.74) is 3.04. The van der Waals surface area contributed by atoms with Gasteiger partial charge in [0.1, 0.15) is 5.75 Å². The minimum Gasteiger partial charge on any atom is -0.494 e. The van der Waals surface area contributed by atoms with E-state index in [2.05, 4.69) is 23.5 Å². The van der Waals surface area contributed by atoms with Crippen molar-refractivity contribution in [3.8, 4) is 5.75 Å². The summed E-state index contributed by atoms with van der Waals surface area (Å²) in [6, 6.07) is 6.66. The number of benzene rings is 1. The van der Waals surface area contributed by atoms with E-state index in [-0.39, 0.29) is 0 Å². The summed E-state index contributed by atoms with van der Waals surface area (Å²) in [7, 11) is 2.01. The number of ether oxygens (including phenoxy) is 1. The van der Waals surface area contributed by atoms with E-state index in [9.17, 15) is 0 Å². The number of aryl methyl sites for hydroxylation is 2. The normalized spacial score (nSPS) is 14.2. The SMILES string of the molecule is CNCCCCCCOc1ccc2c(c1)CCCC2. The molecule has 1 aliphatic carbocycles. The molecule has 0 fully saturated rings. The van der Waals surface area contributed by atoms with Crippen LogP contribution in [0.4, 0.5) is 0 Å². The third-order valence-electron chi connectivity index (χ3n) is 3.91. The highest BCUT2D eigenvalue weighted by molar-refractivity contribution is 5.37. The molecule has 0 amide bonds. The summed E-state index contributed by atoms with van der Waals surface area (Å²) in [4.78, 5) is 0. The van der Waals surface area contributed by atoms with E-state index in [0.29, 0.717) is 0 Å². The zero-order valence-electron chi connectivity index (χ0n) is 12.2. The van der Waals surface area contributed by atoms with Crippen molar-refractivity contribution in [2.45, 2.75) is 51.4 Å². The Hall–Kier alpha value is -1.02. The second-order valence-electron chi connectivity index (χ2n) is 5.50. The van der Waals surface area contributed by atoms with Gasteiger partial charge in [-0.05, 0) is 75.4 Å². The van der Waals surface area contributed by atoms with E-state index in [1.807, 2.05) is 7.05 Å². The maximum Gasteiger partial charge on any atom is 0.119 e. The van der Waals surface area contributed by atoms with Crippen LogP contribution in [0.2, 0.25) is 0 Å². The minimum absolute atomic E-state index is 0.859. The fourth-order valence-electron chi connectivity index (χ4n) is 2.75. The first-order valence-corrected chi connectivity index (χ1v) is 7.79. The van der Waals surface area contributed by atoms with Gasteiger partial charge in [-0.2, -0.15) is 0 Å². The van der Waals surface area contributed by atoms with Crippen molar-refractivity contribution in [1.29, 1.82) is 0 Å². The highest BCUT2D eigenvalue weighted by Gasteiger charge is 2.09. The Bertz CT molecular complexity index is 376. The molecule has 0 radical (unpaired) electrons. The van der Waals surface area contributed by atoms with E-state index in [4.69, 9.17) is 4.74 Å². The molecule has 1 aromatic carbocycles. The fourth-order valence-corrected chi connectivity index (χ4v) is 2.75. The van der Waals surface area contributed by atoms with E-state index >= 15 is 0 Å². The van der Waals surface area contributed by atoms with E-state index in [1.54, 1.807) is 0 Å². The van der Waals surface area contributed by atoms with E-state index in [0.717, 1.165) is 18.9 Å². The predicted molar refractivity (Wildman–Crippen MR) is 81.0 cm³/mol. The molecule has 1 aliphatic rings. The molecule has 19 heavy (non-hydrogen) atoms. The van der Waals surface area contributed by atoms with E-state index < -0.39 is 0 Å². The second kappa shape index (κ2) is 8.21. The van der Waals surface area contributed by atoms with Crippen LogP contribution in [0.3, 0.4) is 0 Å². The number of fused-ring (bicyclic) bond motifs is 1. The molecule has 0 heterocycles. The maximum absolute atomic E-state index is 5.86. The lowest BCUT2D eigenvalue weighted by molar-refractivity contribution is 0.304. The van der Waals surface area contributed by atoms with Crippen molar-refractivity contribution in [2.75, 3.05) is 20.2 Å². The van der Waals surface area contributed by atoms with Crippen molar-refractivity contribution in [3.05, 3.63) is 29.3 Å². The van der Waals surface area contributed by atoms with Crippen molar-refractivity contribution in [3.63, 3.8) is 0 Å². The quantitative estimate of drug-likeness (QED) is 0.720. The number of rotatable bonds is 8. The number of hydrogen-bond donors (Lipinski definition) is 1. The summed E-state index contributed by atoms with van der Waals surface area (Å²) in [5, 5.41) is 3.18. The summed E-state index contributed by atoms with van der Waals surface area (Å²) in [6.07, 6.45) is 10.2. The molecule has 1 N–H and O–H groups in total. The molecule has 0 saturated carbocycles.